The summed E-state index contributed by atoms with van der Waals surface area (Å²) in [6.45, 7) is 5.83. The van der Waals surface area contributed by atoms with Crippen LogP contribution in [0.5, 0.6) is 11.5 Å². The van der Waals surface area contributed by atoms with E-state index in [2.05, 4.69) is 15.5 Å². The van der Waals surface area contributed by atoms with Crippen LogP contribution >= 0.6 is 0 Å². The van der Waals surface area contributed by atoms with Gasteiger partial charge in [-0.3, -0.25) is 4.79 Å². The molecule has 0 aliphatic heterocycles. The molecule has 3 rings (SSSR count). The molecule has 1 aromatic heterocycles. The number of methoxy groups -OCH3 is 1. The highest BCUT2D eigenvalue weighted by Gasteiger charge is 2.12. The van der Waals surface area contributed by atoms with E-state index in [1.807, 2.05) is 51.1 Å². The van der Waals surface area contributed by atoms with Crippen molar-refractivity contribution in [3.05, 3.63) is 53.9 Å². The molecular formula is C21H23N3O4. The Kier molecular flexibility index (Phi) is 5.93. The van der Waals surface area contributed by atoms with Crippen molar-refractivity contribution in [1.82, 2.24) is 10.1 Å². The van der Waals surface area contributed by atoms with Crippen LogP contribution in [0.4, 0.5) is 5.69 Å². The molecule has 3 aromatic rings. The van der Waals surface area contributed by atoms with Gasteiger partial charge in [-0.1, -0.05) is 25.1 Å². The van der Waals surface area contributed by atoms with Crippen LogP contribution in [0.15, 0.2) is 47.0 Å². The van der Waals surface area contributed by atoms with Crippen LogP contribution in [-0.2, 0) is 4.79 Å². The highest BCUT2D eigenvalue weighted by atomic mass is 16.5. The summed E-state index contributed by atoms with van der Waals surface area (Å²) in [5.74, 6) is 2.22. The van der Waals surface area contributed by atoms with Crippen LogP contribution in [0.25, 0.3) is 11.5 Å². The predicted molar refractivity (Wildman–Crippen MR) is 106 cm³/mol. The fraction of sp³-hybridized carbons (Fsp3) is 0.286. The normalized spacial score (nSPS) is 10.8. The van der Waals surface area contributed by atoms with Crippen molar-refractivity contribution < 1.29 is 18.8 Å². The monoisotopic (exact) mass is 381 g/mol. The number of amides is 1. The summed E-state index contributed by atoms with van der Waals surface area (Å²) in [5, 5.41) is 6.75. The lowest BCUT2D eigenvalue weighted by molar-refractivity contribution is -0.118. The van der Waals surface area contributed by atoms with Gasteiger partial charge in [-0.2, -0.15) is 4.98 Å². The Hall–Kier alpha value is -3.35. The molecule has 7 heteroatoms. The lowest BCUT2D eigenvalue weighted by Gasteiger charge is -2.11. The molecule has 1 amide bonds. The van der Waals surface area contributed by atoms with E-state index in [4.69, 9.17) is 14.0 Å². The van der Waals surface area contributed by atoms with Crippen molar-refractivity contribution >= 4 is 11.6 Å². The number of carbonyl (C=O) groups is 1. The number of hydrogen-bond donors (Lipinski definition) is 1. The van der Waals surface area contributed by atoms with E-state index in [0.29, 0.717) is 28.9 Å². The van der Waals surface area contributed by atoms with Crippen molar-refractivity contribution in [2.24, 2.45) is 0 Å². The number of nitrogens with zero attached hydrogens (tertiary/aromatic N) is 2. The largest absolute Gasteiger partial charge is 0.495 e. The van der Waals surface area contributed by atoms with Gasteiger partial charge in [0, 0.05) is 11.5 Å². The van der Waals surface area contributed by atoms with Crippen LogP contribution in [0, 0.1) is 6.92 Å². The molecule has 0 spiro atoms. The minimum Gasteiger partial charge on any atom is -0.495 e. The molecule has 0 radical (unpaired) electrons. The van der Waals surface area contributed by atoms with Gasteiger partial charge in [-0.25, -0.2) is 0 Å². The number of aryl methyl sites for hydroxylation is 1. The van der Waals surface area contributed by atoms with Gasteiger partial charge in [-0.15, -0.1) is 0 Å². The number of carbonyl (C=O) groups excluding carboxylic acids is 1. The Morgan fingerprint density at radius 2 is 1.93 bits per heavy atom. The van der Waals surface area contributed by atoms with Gasteiger partial charge in [0.25, 0.3) is 11.8 Å². The fourth-order valence-electron chi connectivity index (χ4n) is 2.54. The van der Waals surface area contributed by atoms with E-state index in [-0.39, 0.29) is 18.4 Å². The maximum atomic E-state index is 12.2. The van der Waals surface area contributed by atoms with Crippen molar-refractivity contribution in [3.63, 3.8) is 0 Å². The quantitative estimate of drug-likeness (QED) is 0.660. The van der Waals surface area contributed by atoms with Crippen LogP contribution in [0.3, 0.4) is 0 Å². The predicted octanol–water partition coefficient (Wildman–Crippen LogP) is 4.19. The lowest BCUT2D eigenvalue weighted by Crippen LogP contribution is -2.20. The molecule has 28 heavy (non-hydrogen) atoms. The zero-order valence-corrected chi connectivity index (χ0v) is 16.4. The Bertz CT molecular complexity index is 949. The molecule has 0 fully saturated rings. The highest BCUT2D eigenvalue weighted by Crippen LogP contribution is 2.25. The molecule has 0 bridgehead atoms. The second kappa shape index (κ2) is 8.56. The maximum absolute atomic E-state index is 12.2. The minimum atomic E-state index is -0.272. The molecule has 1 heterocycles. The summed E-state index contributed by atoms with van der Waals surface area (Å²) in [6.07, 6.45) is 0. The van der Waals surface area contributed by atoms with E-state index < -0.39 is 0 Å². The number of aromatic nitrogens is 2. The van der Waals surface area contributed by atoms with Crippen LogP contribution in [0.2, 0.25) is 0 Å². The first-order chi connectivity index (χ1) is 13.5. The number of ether oxygens (including phenoxy) is 2. The van der Waals surface area contributed by atoms with Gasteiger partial charge < -0.3 is 19.3 Å². The molecule has 0 saturated carbocycles. The van der Waals surface area contributed by atoms with E-state index in [0.717, 1.165) is 11.1 Å². The summed E-state index contributed by atoms with van der Waals surface area (Å²) in [6, 6.07) is 12.7. The summed E-state index contributed by atoms with van der Waals surface area (Å²) < 4.78 is 16.1. The summed E-state index contributed by atoms with van der Waals surface area (Å²) in [7, 11) is 1.56. The Morgan fingerprint density at radius 1 is 1.18 bits per heavy atom. The Labute approximate surface area is 163 Å². The smallest absolute Gasteiger partial charge is 0.262 e. The average molecular weight is 381 g/mol. The number of hydrogen-bond acceptors (Lipinski definition) is 6. The first-order valence-corrected chi connectivity index (χ1v) is 8.97. The Morgan fingerprint density at radius 3 is 2.57 bits per heavy atom. The van der Waals surface area contributed by atoms with E-state index >= 15 is 0 Å². The molecule has 0 aliphatic carbocycles. The SMILES string of the molecule is COc1ccc(C)cc1NC(=O)COc1ccc(-c2nc(C(C)C)no2)cc1. The molecule has 7 nitrogen and oxygen atoms in total. The van der Waals surface area contributed by atoms with Gasteiger partial charge in [0.2, 0.25) is 0 Å². The molecule has 0 atom stereocenters. The Balaban J connectivity index is 1.59. The first kappa shape index (κ1) is 19.4. The van der Waals surface area contributed by atoms with Gasteiger partial charge in [0.15, 0.2) is 12.4 Å². The van der Waals surface area contributed by atoms with Crippen molar-refractivity contribution in [2.45, 2.75) is 26.7 Å². The van der Waals surface area contributed by atoms with E-state index in [9.17, 15) is 4.79 Å². The fourth-order valence-corrected chi connectivity index (χ4v) is 2.54. The third-order valence-electron chi connectivity index (χ3n) is 4.06. The highest BCUT2D eigenvalue weighted by molar-refractivity contribution is 5.93. The summed E-state index contributed by atoms with van der Waals surface area (Å²) >= 11 is 0. The number of anilines is 1. The van der Waals surface area contributed by atoms with Gasteiger partial charge >= 0.3 is 0 Å². The van der Waals surface area contributed by atoms with Crippen molar-refractivity contribution in [1.29, 1.82) is 0 Å². The van der Waals surface area contributed by atoms with Gasteiger partial charge in [0.05, 0.1) is 12.8 Å². The standard InChI is InChI=1S/C21H23N3O4/c1-13(2)20-23-21(28-24-20)15-6-8-16(9-7-15)27-12-19(25)22-17-11-14(3)5-10-18(17)26-4/h5-11,13H,12H2,1-4H3,(H,22,25). The molecule has 0 saturated heterocycles. The third-order valence-corrected chi connectivity index (χ3v) is 4.06. The molecule has 1 N–H and O–H groups in total. The van der Waals surface area contributed by atoms with Crippen LogP contribution in [-0.4, -0.2) is 29.8 Å². The van der Waals surface area contributed by atoms with E-state index in [1.165, 1.54) is 0 Å². The molecule has 2 aromatic carbocycles. The zero-order chi connectivity index (χ0) is 20.1. The summed E-state index contributed by atoms with van der Waals surface area (Å²) in [5.41, 5.74) is 2.43. The molecule has 0 aliphatic rings. The first-order valence-electron chi connectivity index (χ1n) is 8.97. The number of nitrogens with one attached hydrogen (secondary N) is 1. The number of benzene rings is 2. The molecule has 0 unspecified atom stereocenters. The maximum Gasteiger partial charge on any atom is 0.262 e. The minimum absolute atomic E-state index is 0.117. The van der Waals surface area contributed by atoms with Crippen molar-refractivity contribution in [3.8, 4) is 23.0 Å². The van der Waals surface area contributed by atoms with Crippen LogP contribution in [0.1, 0.15) is 31.2 Å². The second-order valence-corrected chi connectivity index (χ2v) is 6.68. The van der Waals surface area contributed by atoms with Crippen LogP contribution < -0.4 is 14.8 Å². The molecule has 146 valence electrons. The van der Waals surface area contributed by atoms with Gasteiger partial charge in [0.1, 0.15) is 11.5 Å². The zero-order valence-electron chi connectivity index (χ0n) is 16.4. The number of rotatable bonds is 7. The van der Waals surface area contributed by atoms with Crippen molar-refractivity contribution in [2.75, 3.05) is 19.0 Å². The lowest BCUT2D eigenvalue weighted by atomic mass is 10.2. The molecular weight excluding hydrogens is 358 g/mol. The van der Waals surface area contributed by atoms with Gasteiger partial charge in [-0.05, 0) is 48.9 Å². The average Bonchev–Trinajstić information content (AvgIpc) is 3.17. The third kappa shape index (κ3) is 4.68. The van der Waals surface area contributed by atoms with E-state index in [1.54, 1.807) is 19.2 Å². The summed E-state index contributed by atoms with van der Waals surface area (Å²) in [4.78, 5) is 16.6. The topological polar surface area (TPSA) is 86.5 Å². The second-order valence-electron chi connectivity index (χ2n) is 6.68.